The molecule has 0 radical (unpaired) electrons. The molecule has 0 aliphatic carbocycles. The largest absolute Gasteiger partial charge is 0.495 e. The van der Waals surface area contributed by atoms with Crippen molar-refractivity contribution in [2.24, 2.45) is 0 Å². The Morgan fingerprint density at radius 1 is 1.50 bits per heavy atom. The van der Waals surface area contributed by atoms with Gasteiger partial charge < -0.3 is 14.8 Å². The lowest BCUT2D eigenvalue weighted by Crippen LogP contribution is -2.05. The molecule has 1 rings (SSSR count). The van der Waals surface area contributed by atoms with Gasteiger partial charge in [0.25, 0.3) is 0 Å². The molecule has 18 heavy (non-hydrogen) atoms. The van der Waals surface area contributed by atoms with Gasteiger partial charge in [-0.25, -0.2) is 9.18 Å². The van der Waals surface area contributed by atoms with E-state index in [1.54, 1.807) is 13.8 Å². The van der Waals surface area contributed by atoms with E-state index in [-0.39, 0.29) is 5.82 Å². The zero-order chi connectivity index (χ0) is 13.5. The monoisotopic (exact) mass is 253 g/mol. The second kappa shape index (κ2) is 6.64. The fraction of sp³-hybridized carbons (Fsp3) is 0.308. The van der Waals surface area contributed by atoms with E-state index >= 15 is 0 Å². The maximum absolute atomic E-state index is 13.1. The van der Waals surface area contributed by atoms with Crippen molar-refractivity contribution in [2.45, 2.75) is 13.8 Å². The van der Waals surface area contributed by atoms with Crippen LogP contribution < -0.4 is 10.1 Å². The molecule has 98 valence electrons. The SMILES string of the molecule is CCOC(=O)C=C(C)Nc1cc(F)ccc1OC. The number of allylic oxidation sites excluding steroid dienone is 1. The highest BCUT2D eigenvalue weighted by atomic mass is 19.1. The molecule has 0 bridgehead atoms. The molecular weight excluding hydrogens is 237 g/mol. The number of hydrogen-bond donors (Lipinski definition) is 1. The molecular formula is C13H16FNO3. The molecule has 0 aliphatic rings. The molecule has 1 aromatic rings. The zero-order valence-corrected chi connectivity index (χ0v) is 10.6. The van der Waals surface area contributed by atoms with Crippen LogP contribution in [-0.4, -0.2) is 19.7 Å². The second-order valence-corrected chi connectivity index (χ2v) is 3.55. The van der Waals surface area contributed by atoms with Crippen molar-refractivity contribution in [2.75, 3.05) is 19.0 Å². The van der Waals surface area contributed by atoms with Gasteiger partial charge in [-0.15, -0.1) is 0 Å². The summed E-state index contributed by atoms with van der Waals surface area (Å²) in [5, 5.41) is 2.89. The van der Waals surface area contributed by atoms with Crippen molar-refractivity contribution >= 4 is 11.7 Å². The van der Waals surface area contributed by atoms with Crippen LogP contribution in [0.1, 0.15) is 13.8 Å². The standard InChI is InChI=1S/C13H16FNO3/c1-4-18-13(16)7-9(2)15-11-8-10(14)5-6-12(11)17-3/h5-8,15H,4H2,1-3H3. The lowest BCUT2D eigenvalue weighted by molar-refractivity contribution is -0.137. The van der Waals surface area contributed by atoms with Crippen LogP contribution in [0.4, 0.5) is 10.1 Å². The molecule has 0 heterocycles. The Bertz CT molecular complexity index is 458. The minimum absolute atomic E-state index is 0.311. The van der Waals surface area contributed by atoms with Gasteiger partial charge in [0.15, 0.2) is 0 Å². The van der Waals surface area contributed by atoms with Crippen molar-refractivity contribution in [1.82, 2.24) is 0 Å². The van der Waals surface area contributed by atoms with Crippen molar-refractivity contribution in [3.8, 4) is 5.75 Å². The van der Waals surface area contributed by atoms with Crippen LogP contribution in [0.15, 0.2) is 30.0 Å². The van der Waals surface area contributed by atoms with Gasteiger partial charge in [0.1, 0.15) is 11.6 Å². The van der Waals surface area contributed by atoms with Crippen LogP contribution in [0.5, 0.6) is 5.75 Å². The Labute approximate surface area is 105 Å². The first kappa shape index (κ1) is 14.0. The summed E-state index contributed by atoms with van der Waals surface area (Å²) in [5.74, 6) is -0.340. The van der Waals surface area contributed by atoms with E-state index in [2.05, 4.69) is 5.32 Å². The number of methoxy groups -OCH3 is 1. The molecule has 0 aliphatic heterocycles. The quantitative estimate of drug-likeness (QED) is 0.647. The highest BCUT2D eigenvalue weighted by Crippen LogP contribution is 2.26. The summed E-state index contributed by atoms with van der Waals surface area (Å²) < 4.78 is 23.0. The van der Waals surface area contributed by atoms with Gasteiger partial charge in [0, 0.05) is 17.8 Å². The number of nitrogens with one attached hydrogen (secondary N) is 1. The fourth-order valence-corrected chi connectivity index (χ4v) is 1.39. The lowest BCUT2D eigenvalue weighted by Gasteiger charge is -2.11. The zero-order valence-electron chi connectivity index (χ0n) is 10.6. The molecule has 0 amide bonds. The Hall–Kier alpha value is -2.04. The predicted octanol–water partition coefficient (Wildman–Crippen LogP) is 2.71. The third-order valence-corrected chi connectivity index (χ3v) is 2.11. The van der Waals surface area contributed by atoms with Gasteiger partial charge in [-0.3, -0.25) is 0 Å². The summed E-state index contributed by atoms with van der Waals surface area (Å²) in [6.45, 7) is 3.72. The van der Waals surface area contributed by atoms with Crippen molar-refractivity contribution < 1.29 is 18.7 Å². The van der Waals surface area contributed by atoms with E-state index in [4.69, 9.17) is 9.47 Å². The number of halogens is 1. The van der Waals surface area contributed by atoms with E-state index in [0.717, 1.165) is 0 Å². The highest BCUT2D eigenvalue weighted by Gasteiger charge is 2.05. The number of esters is 1. The number of rotatable bonds is 5. The Kier molecular flexibility index (Phi) is 5.17. The van der Waals surface area contributed by atoms with Crippen LogP contribution >= 0.6 is 0 Å². The maximum Gasteiger partial charge on any atom is 0.332 e. The highest BCUT2D eigenvalue weighted by molar-refractivity contribution is 5.83. The van der Waals surface area contributed by atoms with E-state index in [0.29, 0.717) is 23.7 Å². The Morgan fingerprint density at radius 3 is 2.83 bits per heavy atom. The van der Waals surface area contributed by atoms with Crippen LogP contribution in [0.25, 0.3) is 0 Å². The number of anilines is 1. The van der Waals surface area contributed by atoms with Gasteiger partial charge in [-0.1, -0.05) is 0 Å². The average molecular weight is 253 g/mol. The molecule has 4 nitrogen and oxygen atoms in total. The molecule has 1 N–H and O–H groups in total. The van der Waals surface area contributed by atoms with Crippen molar-refractivity contribution in [3.63, 3.8) is 0 Å². The first-order chi connectivity index (χ1) is 8.56. The average Bonchev–Trinajstić information content (AvgIpc) is 2.29. The molecule has 0 saturated heterocycles. The van der Waals surface area contributed by atoms with Crippen molar-refractivity contribution in [1.29, 1.82) is 0 Å². The number of carbonyl (C=O) groups is 1. The van der Waals surface area contributed by atoms with Gasteiger partial charge in [-0.2, -0.15) is 0 Å². The second-order valence-electron chi connectivity index (χ2n) is 3.55. The summed E-state index contributed by atoms with van der Waals surface area (Å²) >= 11 is 0. The molecule has 1 aromatic carbocycles. The van der Waals surface area contributed by atoms with Gasteiger partial charge in [-0.05, 0) is 26.0 Å². The summed E-state index contributed by atoms with van der Waals surface area (Å²) in [6, 6.07) is 4.10. The molecule has 0 atom stereocenters. The predicted molar refractivity (Wildman–Crippen MR) is 67.0 cm³/mol. The van der Waals surface area contributed by atoms with Crippen LogP contribution in [0.2, 0.25) is 0 Å². The normalized spacial score (nSPS) is 11.0. The van der Waals surface area contributed by atoms with E-state index in [9.17, 15) is 9.18 Å². The van der Waals surface area contributed by atoms with Crippen LogP contribution in [0.3, 0.4) is 0 Å². The number of ether oxygens (including phenoxy) is 2. The number of benzene rings is 1. The number of carbonyl (C=O) groups excluding carboxylic acids is 1. The summed E-state index contributed by atoms with van der Waals surface area (Å²) in [6.07, 6.45) is 1.30. The molecule has 0 fully saturated rings. The minimum Gasteiger partial charge on any atom is -0.495 e. The molecule has 0 spiro atoms. The third kappa shape index (κ3) is 4.08. The lowest BCUT2D eigenvalue weighted by atomic mass is 10.2. The molecule has 0 unspecified atom stereocenters. The smallest absolute Gasteiger partial charge is 0.332 e. The van der Waals surface area contributed by atoms with E-state index in [1.807, 2.05) is 0 Å². The summed E-state index contributed by atoms with van der Waals surface area (Å²) in [5.41, 5.74) is 0.993. The molecule has 5 heteroatoms. The first-order valence-corrected chi connectivity index (χ1v) is 5.52. The topological polar surface area (TPSA) is 47.6 Å². The van der Waals surface area contributed by atoms with Gasteiger partial charge in [0.2, 0.25) is 0 Å². The van der Waals surface area contributed by atoms with Crippen LogP contribution in [-0.2, 0) is 9.53 Å². The summed E-state index contributed by atoms with van der Waals surface area (Å²) in [4.78, 5) is 11.2. The van der Waals surface area contributed by atoms with Gasteiger partial charge >= 0.3 is 5.97 Å². The number of hydrogen-bond acceptors (Lipinski definition) is 4. The van der Waals surface area contributed by atoms with Gasteiger partial charge in [0.05, 0.1) is 19.4 Å². The first-order valence-electron chi connectivity index (χ1n) is 5.52. The Balaban J connectivity index is 2.83. The minimum atomic E-state index is -0.446. The van der Waals surface area contributed by atoms with Crippen molar-refractivity contribution in [3.05, 3.63) is 35.8 Å². The molecule has 0 saturated carbocycles. The molecule has 0 aromatic heterocycles. The maximum atomic E-state index is 13.1. The summed E-state index contributed by atoms with van der Waals surface area (Å²) in [7, 11) is 1.49. The van der Waals surface area contributed by atoms with E-state index < -0.39 is 5.97 Å². The van der Waals surface area contributed by atoms with Crippen LogP contribution in [0, 0.1) is 5.82 Å². The third-order valence-electron chi connectivity index (χ3n) is 2.11. The fourth-order valence-electron chi connectivity index (χ4n) is 1.39. The Morgan fingerprint density at radius 2 is 2.22 bits per heavy atom. The van der Waals surface area contributed by atoms with E-state index in [1.165, 1.54) is 31.4 Å².